The zero-order valence-electron chi connectivity index (χ0n) is 12.2. The minimum Gasteiger partial charge on any atom is -0.748 e. The van der Waals surface area contributed by atoms with Crippen molar-refractivity contribution in [2.24, 2.45) is 0 Å². The van der Waals surface area contributed by atoms with Crippen molar-refractivity contribution in [2.75, 3.05) is 12.4 Å². The van der Waals surface area contributed by atoms with E-state index < -0.39 is 15.9 Å². The Labute approximate surface area is 140 Å². The molecule has 0 saturated heterocycles. The first-order valence-electron chi connectivity index (χ1n) is 6.87. The number of nitrogens with zero attached hydrogens (tertiary/aromatic N) is 1. The van der Waals surface area contributed by atoms with Crippen molar-refractivity contribution >= 4 is 33.4 Å². The molecule has 2 aromatic rings. The Morgan fingerprint density at radius 1 is 1.17 bits per heavy atom. The largest absolute Gasteiger partial charge is 0.748 e. The van der Waals surface area contributed by atoms with E-state index in [0.29, 0.717) is 22.7 Å². The average Bonchev–Trinajstić information content (AvgIpc) is 2.49. The van der Waals surface area contributed by atoms with E-state index >= 15 is 0 Å². The monoisotopic (exact) mass is 353 g/mol. The van der Waals surface area contributed by atoms with Crippen LogP contribution < -0.4 is 4.57 Å². The van der Waals surface area contributed by atoms with Crippen molar-refractivity contribution in [2.45, 2.75) is 6.54 Å². The summed E-state index contributed by atoms with van der Waals surface area (Å²) in [5.41, 5.74) is 1.78. The lowest BCUT2D eigenvalue weighted by Crippen LogP contribution is -2.34. The van der Waals surface area contributed by atoms with Crippen LogP contribution in [0.1, 0.15) is 11.1 Å². The number of aromatic nitrogens is 1. The highest BCUT2D eigenvalue weighted by atomic mass is 35.5. The molecule has 23 heavy (non-hydrogen) atoms. The third kappa shape index (κ3) is 5.76. The van der Waals surface area contributed by atoms with Gasteiger partial charge >= 0.3 is 0 Å². The fourth-order valence-electron chi connectivity index (χ4n) is 2.09. The highest BCUT2D eigenvalue weighted by molar-refractivity contribution is 7.86. The predicted molar refractivity (Wildman–Crippen MR) is 87.6 cm³/mol. The molecule has 0 atom stereocenters. The van der Waals surface area contributed by atoms with Crippen molar-refractivity contribution in [3.05, 3.63) is 64.9 Å². The van der Waals surface area contributed by atoms with Crippen molar-refractivity contribution in [1.29, 1.82) is 0 Å². The van der Waals surface area contributed by atoms with Crippen LogP contribution in [0.15, 0.2) is 48.8 Å². The van der Waals surface area contributed by atoms with Gasteiger partial charge < -0.3 is 9.66 Å². The molecule has 1 N–H and O–H groups in total. The quantitative estimate of drug-likeness (QED) is 0.633. The van der Waals surface area contributed by atoms with Crippen molar-refractivity contribution < 1.29 is 22.6 Å². The Bertz CT molecular complexity index is 784. The summed E-state index contributed by atoms with van der Waals surface area (Å²) < 4.78 is 35.3. The maximum absolute atomic E-state index is 11.2. The Balaban J connectivity index is 2.39. The van der Waals surface area contributed by atoms with Crippen molar-refractivity contribution in [3.63, 3.8) is 0 Å². The maximum atomic E-state index is 11.2. The summed E-state index contributed by atoms with van der Waals surface area (Å²) in [6.45, 7) is 0.447. The second-order valence-corrected chi connectivity index (χ2v) is 6.81. The molecule has 0 bridgehead atoms. The van der Waals surface area contributed by atoms with E-state index in [1.807, 2.05) is 0 Å². The number of hydrogen-bond donors (Lipinski definition) is 1. The van der Waals surface area contributed by atoms with Gasteiger partial charge in [-0.3, -0.25) is 0 Å². The zero-order chi connectivity index (χ0) is 16.9. The Morgan fingerprint density at radius 2 is 1.78 bits per heavy atom. The van der Waals surface area contributed by atoms with Gasteiger partial charge in [0.1, 0.15) is 6.61 Å². The first-order chi connectivity index (χ1) is 10.9. The van der Waals surface area contributed by atoms with Gasteiger partial charge in [0.05, 0.1) is 15.9 Å². The fourth-order valence-corrected chi connectivity index (χ4v) is 2.85. The molecule has 1 aromatic carbocycles. The van der Waals surface area contributed by atoms with E-state index in [1.54, 1.807) is 59.4 Å². The van der Waals surface area contributed by atoms with Gasteiger partial charge in [-0.2, -0.15) is 0 Å². The number of rotatable bonds is 6. The molecular weight excluding hydrogens is 338 g/mol. The molecule has 122 valence electrons. The van der Waals surface area contributed by atoms with Crippen LogP contribution in [0.2, 0.25) is 5.02 Å². The van der Waals surface area contributed by atoms with Gasteiger partial charge in [0.15, 0.2) is 18.9 Å². The van der Waals surface area contributed by atoms with E-state index in [0.717, 1.165) is 5.56 Å². The first-order valence-corrected chi connectivity index (χ1v) is 8.83. The summed E-state index contributed by atoms with van der Waals surface area (Å²) in [4.78, 5) is 0. The van der Waals surface area contributed by atoms with E-state index in [-0.39, 0.29) is 6.61 Å². The van der Waals surface area contributed by atoms with E-state index in [2.05, 4.69) is 0 Å². The summed E-state index contributed by atoms with van der Waals surface area (Å²) in [5.74, 6) is -0.598. The summed E-state index contributed by atoms with van der Waals surface area (Å²) in [6.07, 6.45) is 5.09. The molecule has 1 heterocycles. The van der Waals surface area contributed by atoms with Crippen LogP contribution in [0, 0.1) is 0 Å². The lowest BCUT2D eigenvalue weighted by atomic mass is 10.1. The normalized spacial score (nSPS) is 12.4. The molecule has 2 rings (SSSR count). The number of benzene rings is 1. The predicted octanol–water partition coefficient (Wildman–Crippen LogP) is 1.71. The molecule has 0 amide bonds. The highest BCUT2D eigenvalue weighted by Crippen LogP contribution is 2.20. The van der Waals surface area contributed by atoms with E-state index in [1.165, 1.54) is 0 Å². The van der Waals surface area contributed by atoms with Gasteiger partial charge in [0.2, 0.25) is 0 Å². The second kappa shape index (κ2) is 7.70. The SMILES string of the molecule is O=S(=O)([O-])C/C(=C\c1ccc(Cl)cc1)c1cc[n+](CCO)cc1. The summed E-state index contributed by atoms with van der Waals surface area (Å²) in [6, 6.07) is 10.3. The van der Waals surface area contributed by atoms with E-state index in [4.69, 9.17) is 16.7 Å². The number of hydrogen-bond acceptors (Lipinski definition) is 4. The van der Waals surface area contributed by atoms with Crippen molar-refractivity contribution in [1.82, 2.24) is 0 Å². The molecule has 0 radical (unpaired) electrons. The van der Waals surface area contributed by atoms with Crippen LogP contribution in [-0.2, 0) is 16.7 Å². The molecule has 0 aliphatic carbocycles. The summed E-state index contributed by atoms with van der Waals surface area (Å²) in [7, 11) is -4.41. The fraction of sp³-hybridized carbons (Fsp3) is 0.188. The molecule has 0 aliphatic rings. The molecular formula is C16H16ClNO4S. The lowest BCUT2D eigenvalue weighted by Gasteiger charge is -2.11. The third-order valence-corrected chi connectivity index (χ3v) is 4.08. The first kappa shape index (κ1) is 17.6. The second-order valence-electron chi connectivity index (χ2n) is 4.97. The Kier molecular flexibility index (Phi) is 5.90. The average molecular weight is 354 g/mol. The number of aliphatic hydroxyl groups is 1. The molecule has 7 heteroatoms. The van der Waals surface area contributed by atoms with Crippen LogP contribution in [-0.4, -0.2) is 30.4 Å². The summed E-state index contributed by atoms with van der Waals surface area (Å²) in [5, 5.41) is 9.48. The minimum absolute atomic E-state index is 0.00637. The number of pyridine rings is 1. The third-order valence-electron chi connectivity index (χ3n) is 3.16. The number of halogens is 1. The maximum Gasteiger partial charge on any atom is 0.171 e. The molecule has 0 unspecified atom stereocenters. The smallest absolute Gasteiger partial charge is 0.171 e. The highest BCUT2D eigenvalue weighted by Gasteiger charge is 2.09. The van der Waals surface area contributed by atoms with Crippen LogP contribution in [0.3, 0.4) is 0 Å². The van der Waals surface area contributed by atoms with E-state index in [9.17, 15) is 13.0 Å². The topological polar surface area (TPSA) is 81.3 Å². The Morgan fingerprint density at radius 3 is 2.30 bits per heavy atom. The molecule has 0 saturated carbocycles. The molecule has 0 aliphatic heterocycles. The van der Waals surface area contributed by atoms with Gasteiger partial charge in [-0.15, -0.1) is 0 Å². The molecule has 0 spiro atoms. The van der Waals surface area contributed by atoms with Crippen LogP contribution in [0.5, 0.6) is 0 Å². The molecule has 0 fully saturated rings. The van der Waals surface area contributed by atoms with Crippen molar-refractivity contribution in [3.8, 4) is 0 Å². The lowest BCUT2D eigenvalue weighted by molar-refractivity contribution is -0.698. The number of aliphatic hydroxyl groups excluding tert-OH is 1. The Hall–Kier alpha value is -1.73. The van der Waals surface area contributed by atoms with Gasteiger partial charge in [-0.1, -0.05) is 29.8 Å². The standard InChI is InChI=1S/C16H16ClNO4S/c17-16-3-1-13(2-4-16)11-15(12-23(20,21)22)14-5-7-18(8-6-14)9-10-19/h1-8,11,19H,9-10,12H2/b15-11+. The zero-order valence-corrected chi connectivity index (χ0v) is 13.8. The molecule has 5 nitrogen and oxygen atoms in total. The van der Waals surface area contributed by atoms with Crippen LogP contribution in [0.25, 0.3) is 11.6 Å². The van der Waals surface area contributed by atoms with Gasteiger partial charge in [-0.25, -0.2) is 13.0 Å². The summed E-state index contributed by atoms with van der Waals surface area (Å²) >= 11 is 5.83. The van der Waals surface area contributed by atoms with Crippen LogP contribution >= 0.6 is 11.6 Å². The van der Waals surface area contributed by atoms with Gasteiger partial charge in [0, 0.05) is 17.2 Å². The minimum atomic E-state index is -4.41. The van der Waals surface area contributed by atoms with Crippen LogP contribution in [0.4, 0.5) is 0 Å². The van der Waals surface area contributed by atoms with Gasteiger partial charge in [-0.05, 0) is 28.8 Å². The van der Waals surface area contributed by atoms with Gasteiger partial charge in [0.25, 0.3) is 0 Å². The molecule has 1 aromatic heterocycles.